The third kappa shape index (κ3) is 1.84. The molecule has 1 saturated carbocycles. The van der Waals surface area contributed by atoms with Gasteiger partial charge in [-0.1, -0.05) is 15.9 Å². The van der Waals surface area contributed by atoms with Crippen molar-refractivity contribution >= 4 is 15.9 Å². The molecule has 0 aromatic heterocycles. The van der Waals surface area contributed by atoms with Crippen LogP contribution in [0.2, 0.25) is 0 Å². The Labute approximate surface area is 97.1 Å². The lowest BCUT2D eigenvalue weighted by Gasteiger charge is -2.16. The Morgan fingerprint density at radius 1 is 1.27 bits per heavy atom. The van der Waals surface area contributed by atoms with Crippen molar-refractivity contribution in [3.8, 4) is 11.5 Å². The van der Waals surface area contributed by atoms with Gasteiger partial charge in [-0.15, -0.1) is 0 Å². The molecule has 1 aliphatic carbocycles. The first-order valence-corrected chi connectivity index (χ1v) is 5.54. The second-order valence-corrected chi connectivity index (χ2v) is 4.57. The minimum Gasteiger partial charge on any atom is -0.497 e. The molecule has 0 heterocycles. The van der Waals surface area contributed by atoms with Gasteiger partial charge in [0.15, 0.2) is 0 Å². The Bertz CT molecular complexity index is 386. The van der Waals surface area contributed by atoms with Gasteiger partial charge in [-0.05, 0) is 18.9 Å². The summed E-state index contributed by atoms with van der Waals surface area (Å²) in [5, 5.41) is 10.1. The summed E-state index contributed by atoms with van der Waals surface area (Å²) in [6.45, 7) is 0. The number of halogens is 1. The molecule has 0 unspecified atom stereocenters. The molecule has 82 valence electrons. The van der Waals surface area contributed by atoms with Crippen molar-refractivity contribution in [2.24, 2.45) is 0 Å². The SMILES string of the molecule is COc1cc(Br)c(C2(O)CC2)c(OC)c1. The van der Waals surface area contributed by atoms with Crippen LogP contribution in [-0.2, 0) is 5.60 Å². The van der Waals surface area contributed by atoms with Gasteiger partial charge < -0.3 is 14.6 Å². The highest BCUT2D eigenvalue weighted by atomic mass is 79.9. The molecule has 0 bridgehead atoms. The molecule has 0 atom stereocenters. The Hall–Kier alpha value is -0.740. The maximum atomic E-state index is 10.1. The third-order valence-electron chi connectivity index (χ3n) is 2.67. The van der Waals surface area contributed by atoms with E-state index in [1.807, 2.05) is 6.07 Å². The van der Waals surface area contributed by atoms with Crippen molar-refractivity contribution in [2.45, 2.75) is 18.4 Å². The lowest BCUT2D eigenvalue weighted by atomic mass is 10.1. The van der Waals surface area contributed by atoms with Crippen LogP contribution in [0.1, 0.15) is 18.4 Å². The molecule has 1 aliphatic rings. The van der Waals surface area contributed by atoms with Crippen LogP contribution < -0.4 is 9.47 Å². The molecule has 0 radical (unpaired) electrons. The molecule has 1 aromatic carbocycles. The predicted molar refractivity (Wildman–Crippen MR) is 60.4 cm³/mol. The van der Waals surface area contributed by atoms with E-state index in [-0.39, 0.29) is 0 Å². The fourth-order valence-electron chi connectivity index (χ4n) is 1.66. The molecule has 3 nitrogen and oxygen atoms in total. The van der Waals surface area contributed by atoms with Gasteiger partial charge in [-0.3, -0.25) is 0 Å². The lowest BCUT2D eigenvalue weighted by Crippen LogP contribution is -2.08. The van der Waals surface area contributed by atoms with Gasteiger partial charge >= 0.3 is 0 Å². The summed E-state index contributed by atoms with van der Waals surface area (Å²) in [6.07, 6.45) is 1.57. The lowest BCUT2D eigenvalue weighted by molar-refractivity contribution is 0.146. The summed E-state index contributed by atoms with van der Waals surface area (Å²) in [5.41, 5.74) is 0.113. The first-order valence-electron chi connectivity index (χ1n) is 4.75. The van der Waals surface area contributed by atoms with Gasteiger partial charge in [0.05, 0.1) is 19.8 Å². The van der Waals surface area contributed by atoms with Crippen LogP contribution in [0.3, 0.4) is 0 Å². The van der Waals surface area contributed by atoms with Crippen molar-refractivity contribution in [1.82, 2.24) is 0 Å². The van der Waals surface area contributed by atoms with E-state index in [0.717, 1.165) is 22.9 Å². The van der Waals surface area contributed by atoms with Gasteiger partial charge in [-0.25, -0.2) is 0 Å². The molecular formula is C11H13BrO3. The predicted octanol–water partition coefficient (Wildman–Crippen LogP) is 2.45. The van der Waals surface area contributed by atoms with Gasteiger partial charge in [0.1, 0.15) is 11.5 Å². The van der Waals surface area contributed by atoms with Crippen LogP contribution in [0.25, 0.3) is 0 Å². The monoisotopic (exact) mass is 272 g/mol. The molecule has 1 aromatic rings. The smallest absolute Gasteiger partial charge is 0.129 e. The van der Waals surface area contributed by atoms with Crippen LogP contribution in [0.15, 0.2) is 16.6 Å². The van der Waals surface area contributed by atoms with Crippen LogP contribution in [0.4, 0.5) is 0 Å². The van der Waals surface area contributed by atoms with Gasteiger partial charge in [0, 0.05) is 16.1 Å². The van der Waals surface area contributed by atoms with Crippen molar-refractivity contribution in [1.29, 1.82) is 0 Å². The van der Waals surface area contributed by atoms with E-state index in [1.54, 1.807) is 20.3 Å². The highest BCUT2D eigenvalue weighted by Crippen LogP contribution is 2.52. The molecule has 0 amide bonds. The molecule has 0 aliphatic heterocycles. The number of ether oxygens (including phenoxy) is 2. The molecule has 0 saturated heterocycles. The number of rotatable bonds is 3. The first kappa shape index (κ1) is 10.8. The molecule has 1 N–H and O–H groups in total. The average Bonchev–Trinajstić information content (AvgIpc) is 2.95. The summed E-state index contributed by atoms with van der Waals surface area (Å²) in [5.74, 6) is 1.38. The summed E-state index contributed by atoms with van der Waals surface area (Å²) in [4.78, 5) is 0. The summed E-state index contributed by atoms with van der Waals surface area (Å²) < 4.78 is 11.2. The standard InChI is InChI=1S/C11H13BrO3/c1-14-7-5-8(12)10(9(6-7)15-2)11(13)3-4-11/h5-6,13H,3-4H2,1-2H3. The normalized spacial score (nSPS) is 17.3. The second-order valence-electron chi connectivity index (χ2n) is 3.72. The van der Waals surface area contributed by atoms with Crippen LogP contribution in [-0.4, -0.2) is 19.3 Å². The quantitative estimate of drug-likeness (QED) is 0.919. The number of hydrogen-bond acceptors (Lipinski definition) is 3. The zero-order valence-corrected chi connectivity index (χ0v) is 10.3. The van der Waals surface area contributed by atoms with Gasteiger partial charge in [-0.2, -0.15) is 0 Å². The van der Waals surface area contributed by atoms with Crippen molar-refractivity contribution in [2.75, 3.05) is 14.2 Å². The zero-order valence-electron chi connectivity index (χ0n) is 8.71. The largest absolute Gasteiger partial charge is 0.497 e. The number of methoxy groups -OCH3 is 2. The van der Waals surface area contributed by atoms with E-state index >= 15 is 0 Å². The fourth-order valence-corrected chi connectivity index (χ4v) is 2.45. The van der Waals surface area contributed by atoms with E-state index in [9.17, 15) is 5.11 Å². The van der Waals surface area contributed by atoms with E-state index in [4.69, 9.17) is 9.47 Å². The third-order valence-corrected chi connectivity index (χ3v) is 3.30. The fraction of sp³-hybridized carbons (Fsp3) is 0.455. The molecule has 2 rings (SSSR count). The molecule has 15 heavy (non-hydrogen) atoms. The maximum Gasteiger partial charge on any atom is 0.129 e. The summed E-state index contributed by atoms with van der Waals surface area (Å²) >= 11 is 3.44. The molecular weight excluding hydrogens is 260 g/mol. The van der Waals surface area contributed by atoms with Crippen molar-refractivity contribution in [3.05, 3.63) is 22.2 Å². The minimum atomic E-state index is -0.712. The van der Waals surface area contributed by atoms with Crippen molar-refractivity contribution in [3.63, 3.8) is 0 Å². The number of hydrogen-bond donors (Lipinski definition) is 1. The Morgan fingerprint density at radius 3 is 2.40 bits per heavy atom. The number of aliphatic hydroxyl groups is 1. The molecule has 4 heteroatoms. The zero-order chi connectivity index (χ0) is 11.1. The van der Waals surface area contributed by atoms with Crippen LogP contribution >= 0.6 is 15.9 Å². The highest BCUT2D eigenvalue weighted by molar-refractivity contribution is 9.10. The molecule has 0 spiro atoms. The number of benzene rings is 1. The topological polar surface area (TPSA) is 38.7 Å². The highest BCUT2D eigenvalue weighted by Gasteiger charge is 2.45. The summed E-state index contributed by atoms with van der Waals surface area (Å²) in [6, 6.07) is 3.63. The second kappa shape index (κ2) is 3.68. The summed E-state index contributed by atoms with van der Waals surface area (Å²) in [7, 11) is 3.20. The van der Waals surface area contributed by atoms with E-state index in [1.165, 1.54) is 0 Å². The Morgan fingerprint density at radius 2 is 1.93 bits per heavy atom. The van der Waals surface area contributed by atoms with Gasteiger partial charge in [0.2, 0.25) is 0 Å². The molecule has 1 fully saturated rings. The van der Waals surface area contributed by atoms with Crippen LogP contribution in [0.5, 0.6) is 11.5 Å². The van der Waals surface area contributed by atoms with E-state index in [0.29, 0.717) is 11.5 Å². The first-order chi connectivity index (χ1) is 7.10. The van der Waals surface area contributed by atoms with Gasteiger partial charge in [0.25, 0.3) is 0 Å². The Kier molecular flexibility index (Phi) is 2.64. The Balaban J connectivity index is 2.52. The maximum absolute atomic E-state index is 10.1. The van der Waals surface area contributed by atoms with E-state index < -0.39 is 5.60 Å². The van der Waals surface area contributed by atoms with Crippen molar-refractivity contribution < 1.29 is 14.6 Å². The van der Waals surface area contributed by atoms with E-state index in [2.05, 4.69) is 15.9 Å². The van der Waals surface area contributed by atoms with Crippen LogP contribution in [0, 0.1) is 0 Å². The average molecular weight is 273 g/mol. The minimum absolute atomic E-state index is 0.668.